The van der Waals surface area contributed by atoms with Gasteiger partial charge in [-0.25, -0.2) is 0 Å². The van der Waals surface area contributed by atoms with Crippen LogP contribution in [0.1, 0.15) is 60.3 Å². The molecule has 0 heterocycles. The first-order chi connectivity index (χ1) is 12.4. The van der Waals surface area contributed by atoms with Crippen molar-refractivity contribution in [2.75, 3.05) is 6.54 Å². The van der Waals surface area contributed by atoms with Gasteiger partial charge in [0.25, 0.3) is 5.91 Å². The predicted octanol–water partition coefficient (Wildman–Crippen LogP) is 4.80. The summed E-state index contributed by atoms with van der Waals surface area (Å²) in [4.78, 5) is 13.0. The highest BCUT2D eigenvalue weighted by Gasteiger charge is 2.23. The van der Waals surface area contributed by atoms with Crippen molar-refractivity contribution in [1.82, 2.24) is 10.6 Å². The Bertz CT molecular complexity index is 691. The van der Waals surface area contributed by atoms with E-state index in [9.17, 15) is 4.79 Å². The van der Waals surface area contributed by atoms with Crippen LogP contribution >= 0.6 is 0 Å². The monoisotopic (exact) mass is 352 g/mol. The molecule has 0 aliphatic rings. The van der Waals surface area contributed by atoms with Gasteiger partial charge in [0.1, 0.15) is 0 Å². The Labute approximate surface area is 158 Å². The molecule has 140 valence electrons. The maximum atomic E-state index is 13.0. The van der Waals surface area contributed by atoms with Gasteiger partial charge in [-0.1, -0.05) is 68.8 Å². The lowest BCUT2D eigenvalue weighted by Gasteiger charge is -2.28. The fourth-order valence-electron chi connectivity index (χ4n) is 3.19. The molecule has 3 nitrogen and oxygen atoms in total. The molecule has 2 N–H and O–H groups in total. The molecule has 2 aromatic rings. The summed E-state index contributed by atoms with van der Waals surface area (Å²) < 4.78 is 0. The molecule has 0 aliphatic heterocycles. The number of hydrogen-bond donors (Lipinski definition) is 2. The summed E-state index contributed by atoms with van der Waals surface area (Å²) in [7, 11) is 0. The van der Waals surface area contributed by atoms with Crippen molar-refractivity contribution >= 4 is 5.91 Å². The van der Waals surface area contributed by atoms with Crippen LogP contribution in [-0.4, -0.2) is 18.5 Å². The molecule has 0 aliphatic carbocycles. The molecule has 26 heavy (non-hydrogen) atoms. The standard InChI is InChI=1S/C23H32N2O/c1-6-16(2)15-24-19(5)22(20-13-8-7-9-14-20)25-23(26)21-17(3)11-10-12-18(21)4/h7-14,16,19,22,24H,6,15H2,1-5H3,(H,25,26)/t16?,19?,22-/m0/s1. The van der Waals surface area contributed by atoms with Gasteiger partial charge in [0.2, 0.25) is 0 Å². The van der Waals surface area contributed by atoms with Crippen LogP contribution in [0.4, 0.5) is 0 Å². The van der Waals surface area contributed by atoms with E-state index in [1.54, 1.807) is 0 Å². The van der Waals surface area contributed by atoms with E-state index >= 15 is 0 Å². The van der Waals surface area contributed by atoms with Crippen molar-refractivity contribution in [3.8, 4) is 0 Å². The van der Waals surface area contributed by atoms with Crippen molar-refractivity contribution < 1.29 is 4.79 Å². The lowest BCUT2D eigenvalue weighted by atomic mass is 9.97. The first-order valence-electron chi connectivity index (χ1n) is 9.59. The molecular weight excluding hydrogens is 320 g/mol. The fraction of sp³-hybridized carbons (Fsp3) is 0.435. The summed E-state index contributed by atoms with van der Waals surface area (Å²) in [5.41, 5.74) is 3.92. The zero-order valence-electron chi connectivity index (χ0n) is 16.7. The molecule has 1 amide bonds. The maximum absolute atomic E-state index is 13.0. The first kappa shape index (κ1) is 20.2. The quantitative estimate of drug-likeness (QED) is 0.716. The van der Waals surface area contributed by atoms with Gasteiger partial charge in [-0.05, 0) is 49.9 Å². The third kappa shape index (κ3) is 5.18. The third-order valence-electron chi connectivity index (χ3n) is 5.14. The molecule has 0 fully saturated rings. The Morgan fingerprint density at radius 2 is 1.58 bits per heavy atom. The highest BCUT2D eigenvalue weighted by atomic mass is 16.1. The van der Waals surface area contributed by atoms with Crippen molar-refractivity contribution in [1.29, 1.82) is 0 Å². The Morgan fingerprint density at radius 3 is 2.15 bits per heavy atom. The van der Waals surface area contributed by atoms with Gasteiger partial charge >= 0.3 is 0 Å². The molecule has 0 aromatic heterocycles. The Kier molecular flexibility index (Phi) is 7.40. The van der Waals surface area contributed by atoms with Crippen LogP contribution in [0.5, 0.6) is 0 Å². The smallest absolute Gasteiger partial charge is 0.252 e. The van der Waals surface area contributed by atoms with Gasteiger partial charge in [-0.2, -0.15) is 0 Å². The van der Waals surface area contributed by atoms with E-state index in [1.807, 2.05) is 50.2 Å². The van der Waals surface area contributed by atoms with Crippen molar-refractivity contribution in [2.45, 2.75) is 53.1 Å². The lowest BCUT2D eigenvalue weighted by molar-refractivity contribution is 0.0926. The molecule has 3 atom stereocenters. The molecule has 3 heteroatoms. The van der Waals surface area contributed by atoms with Crippen molar-refractivity contribution in [3.05, 3.63) is 70.8 Å². The Morgan fingerprint density at radius 1 is 0.962 bits per heavy atom. The molecule has 2 unspecified atom stereocenters. The van der Waals surface area contributed by atoms with Gasteiger partial charge in [0, 0.05) is 11.6 Å². The second-order valence-electron chi connectivity index (χ2n) is 7.34. The maximum Gasteiger partial charge on any atom is 0.252 e. The SMILES string of the molecule is CCC(C)CNC(C)[C@H](NC(=O)c1c(C)cccc1C)c1ccccc1. The summed E-state index contributed by atoms with van der Waals surface area (Å²) in [6, 6.07) is 16.2. The zero-order valence-corrected chi connectivity index (χ0v) is 16.7. The molecule has 0 spiro atoms. The van der Waals surface area contributed by atoms with Gasteiger partial charge < -0.3 is 10.6 Å². The number of benzene rings is 2. The van der Waals surface area contributed by atoms with E-state index in [-0.39, 0.29) is 18.0 Å². The number of carbonyl (C=O) groups is 1. The second kappa shape index (κ2) is 9.54. The Hall–Kier alpha value is -2.13. The Balaban J connectivity index is 2.23. The largest absolute Gasteiger partial charge is 0.344 e. The van der Waals surface area contributed by atoms with Crippen molar-refractivity contribution in [2.24, 2.45) is 5.92 Å². The van der Waals surface area contributed by atoms with Crippen LogP contribution < -0.4 is 10.6 Å². The highest BCUT2D eigenvalue weighted by Crippen LogP contribution is 2.20. The van der Waals surface area contributed by atoms with Gasteiger partial charge in [0.15, 0.2) is 0 Å². The summed E-state index contributed by atoms with van der Waals surface area (Å²) in [6.45, 7) is 11.5. The van der Waals surface area contributed by atoms with Crippen LogP contribution in [0.3, 0.4) is 0 Å². The summed E-state index contributed by atoms with van der Waals surface area (Å²) in [6.07, 6.45) is 1.14. The van der Waals surface area contributed by atoms with E-state index in [1.165, 1.54) is 0 Å². The van der Waals surface area contributed by atoms with E-state index < -0.39 is 0 Å². The first-order valence-corrected chi connectivity index (χ1v) is 9.59. The van der Waals surface area contributed by atoms with E-state index in [4.69, 9.17) is 0 Å². The van der Waals surface area contributed by atoms with Crippen LogP contribution in [0.25, 0.3) is 0 Å². The zero-order chi connectivity index (χ0) is 19.1. The normalized spacial score (nSPS) is 14.5. The summed E-state index contributed by atoms with van der Waals surface area (Å²) in [5, 5.41) is 6.87. The topological polar surface area (TPSA) is 41.1 Å². The number of hydrogen-bond acceptors (Lipinski definition) is 2. The fourth-order valence-corrected chi connectivity index (χ4v) is 3.19. The van der Waals surface area contributed by atoms with E-state index in [2.05, 4.69) is 43.5 Å². The minimum atomic E-state index is -0.0771. The number of amides is 1. The molecule has 0 bridgehead atoms. The minimum Gasteiger partial charge on any atom is -0.344 e. The van der Waals surface area contributed by atoms with Gasteiger partial charge in [-0.15, -0.1) is 0 Å². The molecular formula is C23H32N2O. The number of carbonyl (C=O) groups excluding carboxylic acids is 1. The van der Waals surface area contributed by atoms with Crippen LogP contribution in [-0.2, 0) is 0 Å². The summed E-state index contributed by atoms with van der Waals surface area (Å²) >= 11 is 0. The number of rotatable bonds is 8. The molecule has 0 saturated heterocycles. The highest BCUT2D eigenvalue weighted by molar-refractivity contribution is 5.97. The van der Waals surface area contributed by atoms with Crippen molar-refractivity contribution in [3.63, 3.8) is 0 Å². The number of aryl methyl sites for hydroxylation is 2. The van der Waals surface area contributed by atoms with Crippen LogP contribution in [0, 0.1) is 19.8 Å². The predicted molar refractivity (Wildman–Crippen MR) is 109 cm³/mol. The minimum absolute atomic E-state index is 0.00774. The third-order valence-corrected chi connectivity index (χ3v) is 5.14. The summed E-state index contributed by atoms with van der Waals surface area (Å²) in [5.74, 6) is 0.606. The molecule has 2 aromatic carbocycles. The lowest BCUT2D eigenvalue weighted by Crippen LogP contribution is -2.43. The average Bonchev–Trinajstić information content (AvgIpc) is 2.64. The van der Waals surface area contributed by atoms with Crippen LogP contribution in [0.2, 0.25) is 0 Å². The average molecular weight is 353 g/mol. The molecule has 2 rings (SSSR count). The second-order valence-corrected chi connectivity index (χ2v) is 7.34. The van der Waals surface area contributed by atoms with Gasteiger partial charge in [0.05, 0.1) is 6.04 Å². The van der Waals surface area contributed by atoms with Crippen LogP contribution in [0.15, 0.2) is 48.5 Å². The number of nitrogens with one attached hydrogen (secondary N) is 2. The molecule has 0 saturated carbocycles. The van der Waals surface area contributed by atoms with Gasteiger partial charge in [-0.3, -0.25) is 4.79 Å². The van der Waals surface area contributed by atoms with E-state index in [0.717, 1.165) is 35.2 Å². The van der Waals surface area contributed by atoms with E-state index in [0.29, 0.717) is 5.92 Å². The molecule has 0 radical (unpaired) electrons.